The molecule has 3 rings (SSSR count). The third-order valence-electron chi connectivity index (χ3n) is 4.15. The SMILES string of the molecule is O=C(O)c1cccc(/C=C/C(=O)c2c(F)cccc2N2CCOCC2)c1. The molecule has 0 atom stereocenters. The van der Waals surface area contributed by atoms with Gasteiger partial charge in [0.2, 0.25) is 0 Å². The van der Waals surface area contributed by atoms with E-state index < -0.39 is 17.6 Å². The Labute approximate surface area is 150 Å². The molecule has 1 heterocycles. The number of ketones is 1. The molecule has 2 aromatic rings. The van der Waals surface area contributed by atoms with Crippen molar-refractivity contribution in [2.75, 3.05) is 31.2 Å². The quantitative estimate of drug-likeness (QED) is 0.659. The number of halogens is 1. The van der Waals surface area contributed by atoms with Crippen molar-refractivity contribution >= 4 is 23.5 Å². The summed E-state index contributed by atoms with van der Waals surface area (Å²) in [6.45, 7) is 2.24. The highest BCUT2D eigenvalue weighted by molar-refractivity contribution is 6.10. The first-order chi connectivity index (χ1) is 12.6. The highest BCUT2D eigenvalue weighted by Gasteiger charge is 2.20. The van der Waals surface area contributed by atoms with Gasteiger partial charge in [0.15, 0.2) is 5.78 Å². The van der Waals surface area contributed by atoms with Crippen molar-refractivity contribution < 1.29 is 23.8 Å². The smallest absolute Gasteiger partial charge is 0.335 e. The van der Waals surface area contributed by atoms with Gasteiger partial charge in [0.25, 0.3) is 0 Å². The Morgan fingerprint density at radius 2 is 1.85 bits per heavy atom. The van der Waals surface area contributed by atoms with E-state index in [1.807, 2.05) is 4.90 Å². The second-order valence-electron chi connectivity index (χ2n) is 5.86. The summed E-state index contributed by atoms with van der Waals surface area (Å²) < 4.78 is 19.7. The molecule has 0 aliphatic carbocycles. The van der Waals surface area contributed by atoms with Crippen LogP contribution in [0.4, 0.5) is 10.1 Å². The van der Waals surface area contributed by atoms with Crippen molar-refractivity contribution in [1.29, 1.82) is 0 Å². The van der Waals surface area contributed by atoms with Crippen LogP contribution < -0.4 is 4.90 Å². The lowest BCUT2D eigenvalue weighted by Gasteiger charge is -2.30. The van der Waals surface area contributed by atoms with E-state index in [4.69, 9.17) is 9.84 Å². The molecule has 1 saturated heterocycles. The molecule has 1 aliphatic heterocycles. The number of anilines is 1. The summed E-state index contributed by atoms with van der Waals surface area (Å²) >= 11 is 0. The van der Waals surface area contributed by atoms with E-state index >= 15 is 0 Å². The van der Waals surface area contributed by atoms with Gasteiger partial charge in [-0.3, -0.25) is 4.79 Å². The number of carboxylic acids is 1. The number of aromatic carboxylic acids is 1. The normalized spacial score (nSPS) is 14.6. The minimum Gasteiger partial charge on any atom is -0.478 e. The van der Waals surface area contributed by atoms with Gasteiger partial charge in [-0.1, -0.05) is 24.3 Å². The number of allylic oxidation sites excluding steroid dienone is 1. The van der Waals surface area contributed by atoms with Crippen LogP contribution in [0.3, 0.4) is 0 Å². The Kier molecular flexibility index (Phi) is 5.43. The van der Waals surface area contributed by atoms with Crippen LogP contribution in [0.15, 0.2) is 48.5 Å². The molecule has 0 saturated carbocycles. The predicted molar refractivity (Wildman–Crippen MR) is 96.2 cm³/mol. The van der Waals surface area contributed by atoms with Gasteiger partial charge in [-0.25, -0.2) is 9.18 Å². The third-order valence-corrected chi connectivity index (χ3v) is 4.15. The zero-order valence-electron chi connectivity index (χ0n) is 14.0. The van der Waals surface area contributed by atoms with E-state index in [1.165, 1.54) is 30.4 Å². The van der Waals surface area contributed by atoms with Crippen molar-refractivity contribution in [3.05, 3.63) is 71.0 Å². The molecule has 26 heavy (non-hydrogen) atoms. The first kappa shape index (κ1) is 17.8. The predicted octanol–water partition coefficient (Wildman–Crippen LogP) is 3.26. The van der Waals surface area contributed by atoms with Crippen LogP contribution in [-0.4, -0.2) is 43.2 Å². The van der Waals surface area contributed by atoms with Crippen molar-refractivity contribution in [3.8, 4) is 0 Å². The van der Waals surface area contributed by atoms with Gasteiger partial charge in [-0.05, 0) is 35.9 Å². The van der Waals surface area contributed by atoms with Gasteiger partial charge in [-0.15, -0.1) is 0 Å². The maximum absolute atomic E-state index is 14.4. The fraction of sp³-hybridized carbons (Fsp3) is 0.200. The van der Waals surface area contributed by atoms with Gasteiger partial charge < -0.3 is 14.7 Å². The van der Waals surface area contributed by atoms with Crippen LogP contribution in [0.5, 0.6) is 0 Å². The standard InChI is InChI=1S/C20H18FNO4/c21-16-5-2-6-17(22-9-11-26-12-10-22)19(16)18(23)8-7-14-3-1-4-15(13-14)20(24)25/h1-8,13H,9-12H2,(H,24,25)/b8-7+. The third kappa shape index (κ3) is 3.97. The largest absolute Gasteiger partial charge is 0.478 e. The molecule has 1 fully saturated rings. The van der Waals surface area contributed by atoms with E-state index in [2.05, 4.69) is 0 Å². The number of carbonyl (C=O) groups is 2. The fourth-order valence-corrected chi connectivity index (χ4v) is 2.86. The Morgan fingerprint density at radius 1 is 1.12 bits per heavy atom. The van der Waals surface area contributed by atoms with Crippen molar-refractivity contribution in [2.24, 2.45) is 0 Å². The van der Waals surface area contributed by atoms with Gasteiger partial charge in [-0.2, -0.15) is 0 Å². The van der Waals surface area contributed by atoms with Crippen LogP contribution in [0.2, 0.25) is 0 Å². The van der Waals surface area contributed by atoms with E-state index in [0.29, 0.717) is 37.6 Å². The van der Waals surface area contributed by atoms with Crippen LogP contribution >= 0.6 is 0 Å². The lowest BCUT2D eigenvalue weighted by atomic mass is 10.0. The molecule has 0 bridgehead atoms. The van der Waals surface area contributed by atoms with E-state index in [0.717, 1.165) is 0 Å². The van der Waals surface area contributed by atoms with E-state index in [1.54, 1.807) is 24.3 Å². The lowest BCUT2D eigenvalue weighted by Crippen LogP contribution is -2.37. The van der Waals surface area contributed by atoms with Crippen LogP contribution in [0, 0.1) is 5.82 Å². The summed E-state index contributed by atoms with van der Waals surface area (Å²) in [5.41, 5.74) is 1.24. The number of carbonyl (C=O) groups excluding carboxylic acids is 1. The van der Waals surface area contributed by atoms with Crippen LogP contribution in [0.1, 0.15) is 26.3 Å². The molecule has 0 aromatic heterocycles. The lowest BCUT2D eigenvalue weighted by molar-refractivity contribution is 0.0696. The number of hydrogen-bond donors (Lipinski definition) is 1. The summed E-state index contributed by atoms with van der Waals surface area (Å²) in [5.74, 6) is -2.09. The summed E-state index contributed by atoms with van der Waals surface area (Å²) in [6, 6.07) is 10.8. The first-order valence-corrected chi connectivity index (χ1v) is 8.23. The number of benzene rings is 2. The summed E-state index contributed by atoms with van der Waals surface area (Å²) in [5, 5.41) is 9.03. The molecule has 2 aromatic carbocycles. The molecule has 1 aliphatic rings. The Hall–Kier alpha value is -2.99. The summed E-state index contributed by atoms with van der Waals surface area (Å²) in [6.07, 6.45) is 2.76. The van der Waals surface area contributed by atoms with Crippen LogP contribution in [-0.2, 0) is 4.74 Å². The fourth-order valence-electron chi connectivity index (χ4n) is 2.86. The Balaban J connectivity index is 1.88. The average molecular weight is 355 g/mol. The Morgan fingerprint density at radius 3 is 2.58 bits per heavy atom. The number of ether oxygens (including phenoxy) is 1. The molecule has 0 unspecified atom stereocenters. The maximum Gasteiger partial charge on any atom is 0.335 e. The van der Waals surface area contributed by atoms with Gasteiger partial charge in [0.05, 0.1) is 30.0 Å². The number of hydrogen-bond acceptors (Lipinski definition) is 4. The molecule has 1 N–H and O–H groups in total. The van der Waals surface area contributed by atoms with E-state index in [9.17, 15) is 14.0 Å². The van der Waals surface area contributed by atoms with Crippen molar-refractivity contribution in [3.63, 3.8) is 0 Å². The topological polar surface area (TPSA) is 66.8 Å². The number of morpholine rings is 1. The monoisotopic (exact) mass is 355 g/mol. The van der Waals surface area contributed by atoms with Gasteiger partial charge in [0, 0.05) is 13.1 Å². The average Bonchev–Trinajstić information content (AvgIpc) is 2.67. The molecule has 0 amide bonds. The highest BCUT2D eigenvalue weighted by atomic mass is 19.1. The molecule has 0 spiro atoms. The number of carboxylic acid groups (broad SMARTS) is 1. The second kappa shape index (κ2) is 7.93. The van der Waals surface area contributed by atoms with Crippen molar-refractivity contribution in [1.82, 2.24) is 0 Å². The number of nitrogens with zero attached hydrogens (tertiary/aromatic N) is 1. The molecule has 5 nitrogen and oxygen atoms in total. The molecule has 6 heteroatoms. The molecular weight excluding hydrogens is 337 g/mol. The van der Waals surface area contributed by atoms with E-state index in [-0.39, 0.29) is 11.1 Å². The van der Waals surface area contributed by atoms with Gasteiger partial charge >= 0.3 is 5.97 Å². The number of rotatable bonds is 5. The zero-order valence-corrected chi connectivity index (χ0v) is 14.0. The van der Waals surface area contributed by atoms with Crippen LogP contribution in [0.25, 0.3) is 6.08 Å². The van der Waals surface area contributed by atoms with Gasteiger partial charge in [0.1, 0.15) is 5.82 Å². The molecule has 134 valence electrons. The minimum absolute atomic E-state index is 0.0139. The first-order valence-electron chi connectivity index (χ1n) is 8.23. The minimum atomic E-state index is -1.05. The maximum atomic E-state index is 14.4. The van der Waals surface area contributed by atoms with Crippen molar-refractivity contribution in [2.45, 2.75) is 0 Å². The summed E-state index contributed by atoms with van der Waals surface area (Å²) in [7, 11) is 0. The summed E-state index contributed by atoms with van der Waals surface area (Å²) in [4.78, 5) is 25.6. The Bertz CT molecular complexity index is 857. The molecular formula is C20H18FNO4. The highest BCUT2D eigenvalue weighted by Crippen LogP contribution is 2.25. The second-order valence-corrected chi connectivity index (χ2v) is 5.86. The molecule has 0 radical (unpaired) electrons. The zero-order chi connectivity index (χ0) is 18.5.